The zero-order valence-corrected chi connectivity index (χ0v) is 4.33. The molecule has 0 saturated carbocycles. The van der Waals surface area contributed by atoms with Gasteiger partial charge in [0.15, 0.2) is 0 Å². The smallest absolute Gasteiger partial charge is 0.124 e. The summed E-state index contributed by atoms with van der Waals surface area (Å²) in [4.78, 5) is 8.99. The molecule has 46 valence electrons. The fraction of sp³-hybridized carbons (Fsp3) is 0.750. The van der Waals surface area contributed by atoms with Crippen LogP contribution in [0.4, 0.5) is 0 Å². The second kappa shape index (κ2) is 2.64. The maximum Gasteiger partial charge on any atom is 0.124 e. The molecule has 0 unspecified atom stereocenters. The third kappa shape index (κ3) is 1.18. The van der Waals surface area contributed by atoms with Crippen molar-refractivity contribution < 1.29 is 15.0 Å². The number of hydrogen-bond acceptors (Lipinski definition) is 4. The number of hydrogen-bond donors (Lipinski definition) is 1. The normalized spacial score (nSPS) is 26.2. The summed E-state index contributed by atoms with van der Waals surface area (Å²) < 4.78 is 0. The fourth-order valence-electron chi connectivity index (χ4n) is 0.479. The number of rotatable bonds is 0. The average molecular weight is 117 g/mol. The van der Waals surface area contributed by atoms with E-state index in [2.05, 4.69) is 14.9 Å². The minimum absolute atomic E-state index is 0.288. The molecule has 0 bridgehead atoms. The number of nitrogens with zero attached hydrogens (tertiary/aromatic N) is 1. The average Bonchev–Trinajstić information content (AvgIpc) is 1.90. The Hall–Kier alpha value is -0.610. The summed E-state index contributed by atoms with van der Waals surface area (Å²) in [6.07, 6.45) is 0.663. The van der Waals surface area contributed by atoms with E-state index in [9.17, 15) is 0 Å². The molecule has 0 aromatic rings. The predicted octanol–water partition coefficient (Wildman–Crippen LogP) is 0.168. The molecule has 1 N–H and O–H groups in total. The van der Waals surface area contributed by atoms with Crippen molar-refractivity contribution in [3.8, 4) is 0 Å². The van der Waals surface area contributed by atoms with Crippen LogP contribution < -0.4 is 0 Å². The molecular formula is C4H7NO3. The van der Waals surface area contributed by atoms with E-state index in [4.69, 9.17) is 5.21 Å². The van der Waals surface area contributed by atoms with Crippen LogP contribution in [-0.4, -0.2) is 24.1 Å². The van der Waals surface area contributed by atoms with Gasteiger partial charge in [0.2, 0.25) is 0 Å². The Balaban J connectivity index is 2.33. The lowest BCUT2D eigenvalue weighted by Gasteiger charge is -2.09. The molecule has 0 amide bonds. The summed E-state index contributed by atoms with van der Waals surface area (Å²) in [6.45, 7) is 0.774. The van der Waals surface area contributed by atoms with Gasteiger partial charge in [0.1, 0.15) is 6.61 Å². The first-order chi connectivity index (χ1) is 3.93. The van der Waals surface area contributed by atoms with Crippen LogP contribution >= 0.6 is 0 Å². The summed E-state index contributed by atoms with van der Waals surface area (Å²) >= 11 is 0. The molecule has 0 spiro atoms. The molecule has 1 aliphatic rings. The van der Waals surface area contributed by atoms with Gasteiger partial charge in [0.05, 0.1) is 12.3 Å². The van der Waals surface area contributed by atoms with Crippen LogP contribution in [0.2, 0.25) is 0 Å². The second-order valence-corrected chi connectivity index (χ2v) is 1.50. The topological polar surface area (TPSA) is 51.1 Å². The molecule has 1 aliphatic heterocycles. The first-order valence-corrected chi connectivity index (χ1v) is 2.37. The van der Waals surface area contributed by atoms with Gasteiger partial charge in [-0.05, 0) is 0 Å². The highest BCUT2D eigenvalue weighted by molar-refractivity contribution is 5.85. The first kappa shape index (κ1) is 5.53. The van der Waals surface area contributed by atoms with Gasteiger partial charge in [-0.25, -0.2) is 9.78 Å². The van der Waals surface area contributed by atoms with Crippen LogP contribution in [0.5, 0.6) is 0 Å². The molecule has 0 aromatic carbocycles. The minimum Gasteiger partial charge on any atom is -0.411 e. The Kier molecular flexibility index (Phi) is 1.82. The second-order valence-electron chi connectivity index (χ2n) is 1.50. The van der Waals surface area contributed by atoms with E-state index in [1.54, 1.807) is 0 Å². The van der Waals surface area contributed by atoms with Crippen molar-refractivity contribution in [2.24, 2.45) is 5.16 Å². The summed E-state index contributed by atoms with van der Waals surface area (Å²) in [5, 5.41) is 11.1. The third-order valence-corrected chi connectivity index (χ3v) is 0.924. The molecule has 4 heteroatoms. The van der Waals surface area contributed by atoms with E-state index in [0.29, 0.717) is 18.7 Å². The van der Waals surface area contributed by atoms with Gasteiger partial charge in [-0.3, -0.25) is 0 Å². The molecule has 4 nitrogen and oxygen atoms in total. The fourth-order valence-corrected chi connectivity index (χ4v) is 0.479. The third-order valence-electron chi connectivity index (χ3n) is 0.924. The van der Waals surface area contributed by atoms with Crippen molar-refractivity contribution in [1.29, 1.82) is 0 Å². The van der Waals surface area contributed by atoms with Crippen molar-refractivity contribution >= 4 is 5.71 Å². The van der Waals surface area contributed by atoms with Crippen molar-refractivity contribution in [3.63, 3.8) is 0 Å². The van der Waals surface area contributed by atoms with Gasteiger partial charge in [-0.2, -0.15) is 0 Å². The largest absolute Gasteiger partial charge is 0.411 e. The molecule has 0 aliphatic carbocycles. The monoisotopic (exact) mass is 117 g/mol. The van der Waals surface area contributed by atoms with Crippen LogP contribution in [-0.2, 0) is 9.78 Å². The van der Waals surface area contributed by atoms with Gasteiger partial charge in [0, 0.05) is 6.42 Å². The van der Waals surface area contributed by atoms with Crippen molar-refractivity contribution in [3.05, 3.63) is 0 Å². The van der Waals surface area contributed by atoms with Crippen LogP contribution in [0.1, 0.15) is 6.42 Å². The molecule has 1 saturated heterocycles. The summed E-state index contributed by atoms with van der Waals surface area (Å²) in [5.41, 5.74) is 0.635. The summed E-state index contributed by atoms with van der Waals surface area (Å²) in [7, 11) is 0. The SMILES string of the molecule is ON=C1CCOOC1. The molecular weight excluding hydrogens is 110 g/mol. The quantitative estimate of drug-likeness (QED) is 0.279. The Morgan fingerprint density at radius 3 is 2.75 bits per heavy atom. The first-order valence-electron chi connectivity index (χ1n) is 2.37. The predicted molar refractivity (Wildman–Crippen MR) is 25.7 cm³/mol. The Labute approximate surface area is 46.6 Å². The van der Waals surface area contributed by atoms with Gasteiger partial charge in [0.25, 0.3) is 0 Å². The van der Waals surface area contributed by atoms with Gasteiger partial charge >= 0.3 is 0 Å². The van der Waals surface area contributed by atoms with Crippen molar-refractivity contribution in [1.82, 2.24) is 0 Å². The lowest BCUT2D eigenvalue weighted by molar-refractivity contribution is -0.290. The molecule has 8 heavy (non-hydrogen) atoms. The summed E-state index contributed by atoms with van der Waals surface area (Å²) in [5.74, 6) is 0. The van der Waals surface area contributed by atoms with Crippen LogP contribution in [0, 0.1) is 0 Å². The minimum atomic E-state index is 0.288. The molecule has 1 heterocycles. The van der Waals surface area contributed by atoms with E-state index < -0.39 is 0 Å². The zero-order chi connectivity index (χ0) is 5.82. The molecule has 0 atom stereocenters. The lowest BCUT2D eigenvalue weighted by atomic mass is 10.3. The van der Waals surface area contributed by atoms with Crippen LogP contribution in [0.25, 0.3) is 0 Å². The van der Waals surface area contributed by atoms with E-state index in [-0.39, 0.29) is 6.61 Å². The van der Waals surface area contributed by atoms with Gasteiger partial charge in [-0.15, -0.1) is 0 Å². The maximum absolute atomic E-state index is 8.14. The summed E-state index contributed by atoms with van der Waals surface area (Å²) in [6, 6.07) is 0. The molecule has 1 rings (SSSR count). The van der Waals surface area contributed by atoms with Gasteiger partial charge in [-0.1, -0.05) is 5.16 Å². The van der Waals surface area contributed by atoms with Crippen molar-refractivity contribution in [2.75, 3.05) is 13.2 Å². The Morgan fingerprint density at radius 1 is 1.50 bits per heavy atom. The molecule has 1 fully saturated rings. The highest BCUT2D eigenvalue weighted by Crippen LogP contribution is 1.96. The van der Waals surface area contributed by atoms with Gasteiger partial charge < -0.3 is 5.21 Å². The Bertz CT molecular complexity index is 93.5. The van der Waals surface area contributed by atoms with Crippen molar-refractivity contribution in [2.45, 2.75) is 6.42 Å². The van der Waals surface area contributed by atoms with Crippen LogP contribution in [0.15, 0.2) is 5.16 Å². The molecule has 0 aromatic heterocycles. The Morgan fingerprint density at radius 2 is 2.38 bits per heavy atom. The molecule has 0 radical (unpaired) electrons. The standard InChI is InChI=1S/C4H7NO3/c6-5-4-1-2-7-8-3-4/h6H,1-3H2. The van der Waals surface area contributed by atoms with E-state index in [0.717, 1.165) is 0 Å². The van der Waals surface area contributed by atoms with Crippen LogP contribution in [0.3, 0.4) is 0 Å². The maximum atomic E-state index is 8.14. The van der Waals surface area contributed by atoms with E-state index in [1.807, 2.05) is 0 Å². The zero-order valence-electron chi connectivity index (χ0n) is 4.33. The lowest BCUT2D eigenvalue weighted by Crippen LogP contribution is -2.18. The highest BCUT2D eigenvalue weighted by atomic mass is 17.2. The van der Waals surface area contributed by atoms with E-state index >= 15 is 0 Å². The number of oxime groups is 1. The highest BCUT2D eigenvalue weighted by Gasteiger charge is 2.06. The van der Waals surface area contributed by atoms with E-state index in [1.165, 1.54) is 0 Å².